The Balaban J connectivity index is 1.60. The first-order chi connectivity index (χ1) is 14.0. The maximum atomic E-state index is 12.5. The maximum Gasteiger partial charge on any atom is 0.277 e. The Kier molecular flexibility index (Phi) is 4.77. The lowest BCUT2D eigenvalue weighted by atomic mass is 10.00. The molecule has 3 aromatic rings. The van der Waals surface area contributed by atoms with Gasteiger partial charge in [-0.25, -0.2) is 4.98 Å². The first kappa shape index (κ1) is 18.7. The van der Waals surface area contributed by atoms with Crippen molar-refractivity contribution in [3.8, 4) is 17.2 Å². The van der Waals surface area contributed by atoms with Crippen LogP contribution in [0.5, 0.6) is 0 Å². The Morgan fingerprint density at radius 3 is 2.76 bits per heavy atom. The number of carbonyl (C=O) groups is 1. The highest BCUT2D eigenvalue weighted by Crippen LogP contribution is 2.40. The topological polar surface area (TPSA) is 95.1 Å². The number of anilines is 2. The van der Waals surface area contributed by atoms with Crippen LogP contribution in [-0.4, -0.2) is 30.1 Å². The molecule has 1 aliphatic carbocycles. The number of aromatic nitrogens is 2. The van der Waals surface area contributed by atoms with Gasteiger partial charge in [-0.3, -0.25) is 4.79 Å². The van der Waals surface area contributed by atoms with E-state index in [1.54, 1.807) is 17.2 Å². The Hall–Kier alpha value is -3.66. The van der Waals surface area contributed by atoms with Crippen LogP contribution in [0.15, 0.2) is 41.1 Å². The minimum atomic E-state index is -0.311. The second-order valence-corrected chi connectivity index (χ2v) is 7.47. The number of amides is 1. The third kappa shape index (κ3) is 3.83. The number of nitriles is 1. The van der Waals surface area contributed by atoms with Crippen LogP contribution in [0.4, 0.5) is 11.5 Å². The first-order valence-corrected chi connectivity index (χ1v) is 9.42. The second-order valence-electron chi connectivity index (χ2n) is 7.47. The van der Waals surface area contributed by atoms with Gasteiger partial charge in [0.15, 0.2) is 5.69 Å². The Morgan fingerprint density at radius 1 is 1.28 bits per heavy atom. The van der Waals surface area contributed by atoms with Gasteiger partial charge in [-0.15, -0.1) is 0 Å². The number of rotatable bonds is 5. The van der Waals surface area contributed by atoms with E-state index in [-0.39, 0.29) is 11.6 Å². The van der Waals surface area contributed by atoms with Gasteiger partial charge in [0.1, 0.15) is 17.6 Å². The SMILES string of the molecule is Cc1ccc(NC(=O)c2cc(C3CC3)on2)cc1-c1cnc(N(C)C)c(C#N)c1. The van der Waals surface area contributed by atoms with Crippen molar-refractivity contribution in [2.75, 3.05) is 24.3 Å². The zero-order chi connectivity index (χ0) is 20.5. The molecule has 1 amide bonds. The molecule has 0 aliphatic heterocycles. The summed E-state index contributed by atoms with van der Waals surface area (Å²) >= 11 is 0. The molecule has 1 fully saturated rings. The maximum absolute atomic E-state index is 12.5. The minimum Gasteiger partial charge on any atom is -0.362 e. The molecule has 2 aromatic heterocycles. The number of aryl methyl sites for hydroxylation is 1. The number of nitrogens with zero attached hydrogens (tertiary/aromatic N) is 4. The van der Waals surface area contributed by atoms with Gasteiger partial charge in [0.05, 0.1) is 5.56 Å². The van der Waals surface area contributed by atoms with Crippen LogP contribution < -0.4 is 10.2 Å². The van der Waals surface area contributed by atoms with Crippen molar-refractivity contribution in [2.45, 2.75) is 25.7 Å². The van der Waals surface area contributed by atoms with Crippen LogP contribution in [0.2, 0.25) is 0 Å². The molecule has 4 rings (SSSR count). The van der Waals surface area contributed by atoms with Crippen LogP contribution in [0, 0.1) is 18.3 Å². The molecule has 0 spiro atoms. The summed E-state index contributed by atoms with van der Waals surface area (Å²) in [5, 5.41) is 16.2. The van der Waals surface area contributed by atoms with Gasteiger partial charge in [0.2, 0.25) is 0 Å². The number of hydrogen-bond acceptors (Lipinski definition) is 6. The van der Waals surface area contributed by atoms with E-state index in [0.717, 1.165) is 35.3 Å². The fourth-order valence-electron chi connectivity index (χ4n) is 3.21. The van der Waals surface area contributed by atoms with Gasteiger partial charge in [-0.1, -0.05) is 11.2 Å². The average Bonchev–Trinajstić information content (AvgIpc) is 3.45. The number of carbonyl (C=O) groups excluding carboxylic acids is 1. The molecule has 1 aliphatic rings. The van der Waals surface area contributed by atoms with Crippen LogP contribution in [0.3, 0.4) is 0 Å². The molecule has 0 radical (unpaired) electrons. The molecular weight excluding hydrogens is 366 g/mol. The lowest BCUT2D eigenvalue weighted by Crippen LogP contribution is -2.13. The van der Waals surface area contributed by atoms with E-state index in [2.05, 4.69) is 21.5 Å². The normalized spacial score (nSPS) is 13.0. The van der Waals surface area contributed by atoms with Gasteiger partial charge in [0, 0.05) is 43.5 Å². The van der Waals surface area contributed by atoms with Gasteiger partial charge in [-0.05, 0) is 49.1 Å². The van der Waals surface area contributed by atoms with E-state index >= 15 is 0 Å². The predicted molar refractivity (Wildman–Crippen MR) is 110 cm³/mol. The van der Waals surface area contributed by atoms with Crippen LogP contribution in [0.1, 0.15) is 46.1 Å². The molecule has 0 bridgehead atoms. The summed E-state index contributed by atoms with van der Waals surface area (Å²) in [5.41, 5.74) is 4.15. The van der Waals surface area contributed by atoms with E-state index in [1.807, 2.05) is 45.3 Å². The van der Waals surface area contributed by atoms with E-state index in [9.17, 15) is 10.1 Å². The lowest BCUT2D eigenvalue weighted by molar-refractivity contribution is 0.101. The summed E-state index contributed by atoms with van der Waals surface area (Å²) in [6.45, 7) is 1.98. The number of pyridine rings is 1. The van der Waals surface area contributed by atoms with Gasteiger partial charge >= 0.3 is 0 Å². The van der Waals surface area contributed by atoms with Crippen molar-refractivity contribution >= 4 is 17.4 Å². The van der Waals surface area contributed by atoms with Crippen LogP contribution >= 0.6 is 0 Å². The zero-order valence-electron chi connectivity index (χ0n) is 16.6. The molecule has 2 heterocycles. The number of benzene rings is 1. The lowest BCUT2D eigenvalue weighted by Gasteiger charge is -2.15. The molecule has 146 valence electrons. The van der Waals surface area contributed by atoms with Gasteiger partial charge < -0.3 is 14.7 Å². The molecule has 0 saturated heterocycles. The summed E-state index contributed by atoms with van der Waals surface area (Å²) in [7, 11) is 3.70. The van der Waals surface area contributed by atoms with Crippen molar-refractivity contribution in [1.29, 1.82) is 5.26 Å². The minimum absolute atomic E-state index is 0.276. The molecule has 0 atom stereocenters. The van der Waals surface area contributed by atoms with E-state index in [4.69, 9.17) is 4.52 Å². The summed E-state index contributed by atoms with van der Waals surface area (Å²) in [6.07, 6.45) is 3.91. The van der Waals surface area contributed by atoms with Gasteiger partial charge in [0.25, 0.3) is 5.91 Å². The smallest absolute Gasteiger partial charge is 0.277 e. The fourth-order valence-corrected chi connectivity index (χ4v) is 3.21. The highest BCUT2D eigenvalue weighted by Gasteiger charge is 2.29. The first-order valence-electron chi connectivity index (χ1n) is 9.42. The van der Waals surface area contributed by atoms with Gasteiger partial charge in [-0.2, -0.15) is 5.26 Å². The molecule has 7 heteroatoms. The van der Waals surface area contributed by atoms with Crippen LogP contribution in [0.25, 0.3) is 11.1 Å². The van der Waals surface area contributed by atoms with Crippen molar-refractivity contribution in [1.82, 2.24) is 10.1 Å². The molecule has 1 N–H and O–H groups in total. The monoisotopic (exact) mass is 387 g/mol. The molecule has 0 unspecified atom stereocenters. The standard InChI is InChI=1S/C22H21N5O2/c1-13-4-7-17(25-22(28)19-10-20(29-26-19)14-5-6-14)9-18(13)16-8-15(11-23)21(24-12-16)27(2)3/h4,7-10,12,14H,5-6H2,1-3H3,(H,25,28). The quantitative estimate of drug-likeness (QED) is 0.708. The van der Waals surface area contributed by atoms with E-state index in [1.165, 1.54) is 0 Å². The fraction of sp³-hybridized carbons (Fsp3) is 0.273. The van der Waals surface area contributed by atoms with Crippen molar-refractivity contribution in [3.63, 3.8) is 0 Å². The predicted octanol–water partition coefficient (Wildman–Crippen LogP) is 4.11. The highest BCUT2D eigenvalue weighted by atomic mass is 16.5. The number of hydrogen-bond donors (Lipinski definition) is 1. The molecular formula is C22H21N5O2. The van der Waals surface area contributed by atoms with Crippen molar-refractivity contribution in [2.24, 2.45) is 0 Å². The molecule has 1 saturated carbocycles. The highest BCUT2D eigenvalue weighted by molar-refractivity contribution is 6.03. The molecule has 7 nitrogen and oxygen atoms in total. The largest absolute Gasteiger partial charge is 0.362 e. The summed E-state index contributed by atoms with van der Waals surface area (Å²) in [5.74, 6) is 1.49. The zero-order valence-corrected chi connectivity index (χ0v) is 16.6. The third-order valence-corrected chi connectivity index (χ3v) is 4.96. The summed E-state index contributed by atoms with van der Waals surface area (Å²) < 4.78 is 5.26. The molecule has 29 heavy (non-hydrogen) atoms. The van der Waals surface area contributed by atoms with E-state index < -0.39 is 0 Å². The summed E-state index contributed by atoms with van der Waals surface area (Å²) in [4.78, 5) is 18.8. The summed E-state index contributed by atoms with van der Waals surface area (Å²) in [6, 6.07) is 11.4. The third-order valence-electron chi connectivity index (χ3n) is 4.96. The van der Waals surface area contributed by atoms with Crippen LogP contribution in [-0.2, 0) is 0 Å². The number of nitrogens with one attached hydrogen (secondary N) is 1. The van der Waals surface area contributed by atoms with E-state index in [0.29, 0.717) is 23.0 Å². The second kappa shape index (κ2) is 7.40. The Morgan fingerprint density at radius 2 is 2.07 bits per heavy atom. The van der Waals surface area contributed by atoms with Crippen molar-refractivity contribution < 1.29 is 9.32 Å². The average molecular weight is 387 g/mol. The molecule has 1 aromatic carbocycles. The Bertz CT molecular complexity index is 1120. The Labute approximate surface area is 169 Å². The van der Waals surface area contributed by atoms with Crippen molar-refractivity contribution in [3.05, 3.63) is 59.1 Å².